The number of halogens is 2. The Balaban J connectivity index is 1.51. The molecule has 1 atom stereocenters. The number of nitrogens with one attached hydrogen (secondary N) is 2. The Hall–Kier alpha value is -1.95. The molecule has 0 aromatic heterocycles. The number of rotatable bonds is 8. The van der Waals surface area contributed by atoms with Crippen molar-refractivity contribution in [2.75, 3.05) is 32.7 Å². The number of nitriles is 1. The first-order valence-corrected chi connectivity index (χ1v) is 12.0. The maximum atomic E-state index is 13.7. The minimum absolute atomic E-state index is 0.262. The van der Waals surface area contributed by atoms with E-state index in [2.05, 4.69) is 22.5 Å². The molecule has 0 radical (unpaired) electrons. The van der Waals surface area contributed by atoms with E-state index >= 15 is 0 Å². The largest absolute Gasteiger partial charge is 0.336 e. The summed E-state index contributed by atoms with van der Waals surface area (Å²) in [4.78, 5) is 29.5. The standard InChI is InChI=1S/C23H37F2N5O2/c1-3-4-11-29-12-7-22(8-13-29)9-14-30(15-10-22)20(32)27-18(16-21(2,24)25)19(31)28-23(17-26)5-6-23/h18H,3-16H2,1-2H3,(H,27,32)(H,28,31)/t18-/m0/s1. The lowest BCUT2D eigenvalue weighted by Gasteiger charge is -2.47. The van der Waals surface area contributed by atoms with E-state index in [0.29, 0.717) is 25.9 Å². The number of amides is 3. The smallest absolute Gasteiger partial charge is 0.318 e. The van der Waals surface area contributed by atoms with E-state index in [1.807, 2.05) is 6.07 Å². The van der Waals surface area contributed by atoms with E-state index in [1.54, 1.807) is 4.90 Å². The first-order valence-electron chi connectivity index (χ1n) is 12.0. The molecule has 180 valence electrons. The van der Waals surface area contributed by atoms with Crippen LogP contribution >= 0.6 is 0 Å². The van der Waals surface area contributed by atoms with E-state index in [0.717, 1.165) is 52.2 Å². The lowest BCUT2D eigenvalue weighted by atomic mass is 9.71. The normalized spacial score (nSPS) is 23.3. The summed E-state index contributed by atoms with van der Waals surface area (Å²) in [7, 11) is 0. The third kappa shape index (κ3) is 6.53. The average Bonchev–Trinajstić information content (AvgIpc) is 3.52. The molecule has 0 aromatic carbocycles. The third-order valence-corrected chi connectivity index (χ3v) is 7.36. The maximum Gasteiger partial charge on any atom is 0.318 e. The van der Waals surface area contributed by atoms with E-state index in [1.165, 1.54) is 12.8 Å². The van der Waals surface area contributed by atoms with Crippen molar-refractivity contribution in [1.82, 2.24) is 20.4 Å². The maximum absolute atomic E-state index is 13.7. The molecule has 0 unspecified atom stereocenters. The zero-order valence-electron chi connectivity index (χ0n) is 19.4. The Labute approximate surface area is 189 Å². The van der Waals surface area contributed by atoms with E-state index in [9.17, 15) is 23.6 Å². The van der Waals surface area contributed by atoms with Crippen molar-refractivity contribution < 1.29 is 18.4 Å². The summed E-state index contributed by atoms with van der Waals surface area (Å²) in [6.07, 6.45) is 6.71. The van der Waals surface area contributed by atoms with Crippen LogP contribution in [0.3, 0.4) is 0 Å². The number of alkyl halides is 2. The summed E-state index contributed by atoms with van der Waals surface area (Å²) >= 11 is 0. The monoisotopic (exact) mass is 453 g/mol. The number of urea groups is 1. The van der Waals surface area contributed by atoms with Gasteiger partial charge in [0.2, 0.25) is 11.8 Å². The minimum Gasteiger partial charge on any atom is -0.336 e. The lowest BCUT2D eigenvalue weighted by Crippen LogP contribution is -2.56. The van der Waals surface area contributed by atoms with Gasteiger partial charge in [-0.1, -0.05) is 13.3 Å². The van der Waals surface area contributed by atoms with Crippen LogP contribution in [0.4, 0.5) is 13.6 Å². The molecule has 32 heavy (non-hydrogen) atoms. The SMILES string of the molecule is CCCCN1CCC2(CC1)CCN(C(=O)N[C@@H](CC(C)(F)F)C(=O)NC1(C#N)CC1)CC2. The van der Waals surface area contributed by atoms with Crippen LogP contribution in [0.1, 0.15) is 71.6 Å². The van der Waals surface area contributed by atoms with Gasteiger partial charge in [-0.3, -0.25) is 4.79 Å². The number of piperidine rings is 2. The highest BCUT2D eigenvalue weighted by Crippen LogP contribution is 2.41. The van der Waals surface area contributed by atoms with Gasteiger partial charge in [0.1, 0.15) is 11.6 Å². The van der Waals surface area contributed by atoms with Crippen LogP contribution in [0.15, 0.2) is 0 Å². The number of unbranched alkanes of at least 4 members (excludes halogenated alkanes) is 1. The van der Waals surface area contributed by atoms with E-state index in [-0.39, 0.29) is 5.41 Å². The summed E-state index contributed by atoms with van der Waals surface area (Å²) in [6, 6.07) is 0.169. The second-order valence-electron chi connectivity index (χ2n) is 10.1. The van der Waals surface area contributed by atoms with Gasteiger partial charge in [-0.15, -0.1) is 0 Å². The second kappa shape index (κ2) is 9.90. The highest BCUT2D eigenvalue weighted by atomic mass is 19.3. The fourth-order valence-electron chi connectivity index (χ4n) is 4.84. The summed E-state index contributed by atoms with van der Waals surface area (Å²) in [5.74, 6) is -3.83. The molecule has 3 rings (SSSR count). The molecular formula is C23H37F2N5O2. The van der Waals surface area contributed by atoms with E-state index < -0.39 is 35.9 Å². The Morgan fingerprint density at radius 3 is 2.19 bits per heavy atom. The van der Waals surface area contributed by atoms with Crippen molar-refractivity contribution >= 4 is 11.9 Å². The Morgan fingerprint density at radius 1 is 1.09 bits per heavy atom. The minimum atomic E-state index is -3.11. The summed E-state index contributed by atoms with van der Waals surface area (Å²) in [6.45, 7) is 7.42. The Morgan fingerprint density at radius 2 is 1.69 bits per heavy atom. The van der Waals surface area contributed by atoms with Gasteiger partial charge >= 0.3 is 6.03 Å². The molecule has 3 amide bonds. The third-order valence-electron chi connectivity index (χ3n) is 7.36. The van der Waals surface area contributed by atoms with Crippen LogP contribution in [0, 0.1) is 16.7 Å². The predicted octanol–water partition coefficient (Wildman–Crippen LogP) is 3.26. The highest BCUT2D eigenvalue weighted by Gasteiger charge is 2.47. The molecule has 3 aliphatic rings. The van der Waals surface area contributed by atoms with Gasteiger partial charge in [-0.2, -0.15) is 5.26 Å². The Kier molecular flexibility index (Phi) is 7.64. The molecule has 2 aliphatic heterocycles. The first kappa shape index (κ1) is 24.7. The lowest BCUT2D eigenvalue weighted by molar-refractivity contribution is -0.126. The second-order valence-corrected chi connectivity index (χ2v) is 10.1. The fraction of sp³-hybridized carbons (Fsp3) is 0.870. The van der Waals surface area contributed by atoms with Crippen molar-refractivity contribution in [3.8, 4) is 6.07 Å². The molecular weight excluding hydrogens is 416 g/mol. The number of likely N-dealkylation sites (tertiary alicyclic amines) is 2. The average molecular weight is 454 g/mol. The van der Waals surface area contributed by atoms with Gasteiger partial charge < -0.3 is 20.4 Å². The molecule has 2 N–H and O–H groups in total. The molecule has 2 saturated heterocycles. The molecule has 7 nitrogen and oxygen atoms in total. The number of hydrogen-bond donors (Lipinski definition) is 2. The Bertz CT molecular complexity index is 711. The highest BCUT2D eigenvalue weighted by molar-refractivity contribution is 5.88. The quantitative estimate of drug-likeness (QED) is 0.591. The molecule has 2 heterocycles. The van der Waals surface area contributed by atoms with Crippen LogP contribution in [0.25, 0.3) is 0 Å². The van der Waals surface area contributed by atoms with Gasteiger partial charge in [0.05, 0.1) is 6.07 Å². The fourth-order valence-corrected chi connectivity index (χ4v) is 4.84. The van der Waals surface area contributed by atoms with Crippen LogP contribution in [-0.2, 0) is 4.79 Å². The van der Waals surface area contributed by atoms with Crippen LogP contribution in [0.2, 0.25) is 0 Å². The van der Waals surface area contributed by atoms with Gasteiger partial charge in [0, 0.05) is 19.5 Å². The topological polar surface area (TPSA) is 88.5 Å². The number of carbonyl (C=O) groups is 2. The van der Waals surface area contributed by atoms with Gasteiger partial charge in [-0.25, -0.2) is 13.6 Å². The molecule has 0 aromatic rings. The molecule has 1 aliphatic carbocycles. The van der Waals surface area contributed by atoms with Crippen molar-refractivity contribution in [3.63, 3.8) is 0 Å². The molecule has 3 fully saturated rings. The van der Waals surface area contributed by atoms with Gasteiger partial charge in [-0.05, 0) is 76.9 Å². The van der Waals surface area contributed by atoms with Gasteiger partial charge in [0.15, 0.2) is 0 Å². The van der Waals surface area contributed by atoms with Crippen LogP contribution < -0.4 is 10.6 Å². The molecule has 1 spiro atoms. The number of hydrogen-bond acceptors (Lipinski definition) is 4. The number of carbonyl (C=O) groups excluding carboxylic acids is 2. The zero-order valence-corrected chi connectivity index (χ0v) is 19.4. The van der Waals surface area contributed by atoms with Crippen molar-refractivity contribution in [1.29, 1.82) is 5.26 Å². The first-order chi connectivity index (χ1) is 15.1. The van der Waals surface area contributed by atoms with Crippen molar-refractivity contribution in [3.05, 3.63) is 0 Å². The van der Waals surface area contributed by atoms with Crippen molar-refractivity contribution in [2.24, 2.45) is 5.41 Å². The summed E-state index contributed by atoms with van der Waals surface area (Å²) in [5.41, 5.74) is -0.704. The molecule has 0 bridgehead atoms. The molecule has 1 saturated carbocycles. The zero-order chi connectivity index (χ0) is 23.4. The van der Waals surface area contributed by atoms with E-state index in [4.69, 9.17) is 0 Å². The predicted molar refractivity (Wildman–Crippen MR) is 117 cm³/mol. The van der Waals surface area contributed by atoms with Gasteiger partial charge in [0.25, 0.3) is 0 Å². The number of nitrogens with zero attached hydrogens (tertiary/aromatic N) is 3. The van der Waals surface area contributed by atoms with Crippen LogP contribution in [0.5, 0.6) is 0 Å². The van der Waals surface area contributed by atoms with Crippen molar-refractivity contribution in [2.45, 2.75) is 89.1 Å². The summed E-state index contributed by atoms with van der Waals surface area (Å²) in [5, 5.41) is 14.2. The summed E-state index contributed by atoms with van der Waals surface area (Å²) < 4.78 is 27.4. The molecule has 9 heteroatoms. The van der Waals surface area contributed by atoms with Crippen LogP contribution in [-0.4, -0.2) is 72.0 Å².